The van der Waals surface area contributed by atoms with Gasteiger partial charge in [0, 0.05) is 0 Å². The number of hydrogen-bond acceptors (Lipinski definition) is 2. The van der Waals surface area contributed by atoms with Gasteiger partial charge >= 0.3 is 0 Å². The fourth-order valence-corrected chi connectivity index (χ4v) is 2.50. The van der Waals surface area contributed by atoms with Crippen molar-refractivity contribution in [2.75, 3.05) is 13.2 Å². The highest BCUT2D eigenvalue weighted by Crippen LogP contribution is 2.17. The first-order chi connectivity index (χ1) is 9.56. The van der Waals surface area contributed by atoms with Crippen LogP contribution in [0.1, 0.15) is 58.2 Å². The SMILES string of the molecule is CCNC(COC(C)CC(C)C)c1ccc(CC)cc1. The van der Waals surface area contributed by atoms with Crippen molar-refractivity contribution in [2.45, 2.75) is 59.6 Å². The van der Waals surface area contributed by atoms with Crippen molar-refractivity contribution in [3.8, 4) is 0 Å². The van der Waals surface area contributed by atoms with Gasteiger partial charge in [-0.15, -0.1) is 0 Å². The third kappa shape index (κ3) is 6.06. The maximum atomic E-state index is 6.02. The van der Waals surface area contributed by atoms with Crippen LogP contribution in [0.25, 0.3) is 0 Å². The quantitative estimate of drug-likeness (QED) is 0.724. The van der Waals surface area contributed by atoms with Crippen LogP contribution in [0.15, 0.2) is 24.3 Å². The Hall–Kier alpha value is -0.860. The van der Waals surface area contributed by atoms with Gasteiger partial charge in [-0.25, -0.2) is 0 Å². The fraction of sp³-hybridized carbons (Fsp3) is 0.667. The Balaban J connectivity index is 2.58. The zero-order valence-electron chi connectivity index (χ0n) is 13.8. The molecule has 0 aliphatic rings. The number of benzene rings is 1. The van der Waals surface area contributed by atoms with E-state index in [9.17, 15) is 0 Å². The first-order valence-corrected chi connectivity index (χ1v) is 8.00. The highest BCUT2D eigenvalue weighted by Gasteiger charge is 2.13. The van der Waals surface area contributed by atoms with Gasteiger partial charge in [-0.3, -0.25) is 0 Å². The van der Waals surface area contributed by atoms with Crippen molar-refractivity contribution in [2.24, 2.45) is 5.92 Å². The lowest BCUT2D eigenvalue weighted by Gasteiger charge is -2.22. The predicted octanol–water partition coefficient (Wildman–Crippen LogP) is 4.35. The van der Waals surface area contributed by atoms with E-state index in [-0.39, 0.29) is 0 Å². The van der Waals surface area contributed by atoms with E-state index in [1.165, 1.54) is 11.1 Å². The lowest BCUT2D eigenvalue weighted by Crippen LogP contribution is -2.27. The van der Waals surface area contributed by atoms with E-state index in [0.29, 0.717) is 18.1 Å². The van der Waals surface area contributed by atoms with Gasteiger partial charge in [0.2, 0.25) is 0 Å². The minimum absolute atomic E-state index is 0.292. The number of rotatable bonds is 9. The topological polar surface area (TPSA) is 21.3 Å². The van der Waals surface area contributed by atoms with Gasteiger partial charge in [0.05, 0.1) is 18.8 Å². The van der Waals surface area contributed by atoms with Gasteiger partial charge in [0.15, 0.2) is 0 Å². The molecule has 0 amide bonds. The molecule has 0 aliphatic carbocycles. The molecular formula is C18H31NO. The van der Waals surface area contributed by atoms with Crippen molar-refractivity contribution in [1.29, 1.82) is 0 Å². The van der Waals surface area contributed by atoms with E-state index < -0.39 is 0 Å². The molecule has 0 saturated carbocycles. The number of hydrogen-bond donors (Lipinski definition) is 1. The lowest BCUT2D eigenvalue weighted by atomic mass is 10.0. The molecule has 0 fully saturated rings. The third-order valence-electron chi connectivity index (χ3n) is 3.59. The molecule has 1 aromatic rings. The normalized spacial score (nSPS) is 14.5. The highest BCUT2D eigenvalue weighted by molar-refractivity contribution is 5.25. The first-order valence-electron chi connectivity index (χ1n) is 8.00. The van der Waals surface area contributed by atoms with Gasteiger partial charge in [0.25, 0.3) is 0 Å². The Morgan fingerprint density at radius 2 is 1.70 bits per heavy atom. The molecule has 20 heavy (non-hydrogen) atoms. The molecule has 1 rings (SSSR count). The second-order valence-corrected chi connectivity index (χ2v) is 5.98. The molecular weight excluding hydrogens is 246 g/mol. The highest BCUT2D eigenvalue weighted by atomic mass is 16.5. The van der Waals surface area contributed by atoms with Crippen LogP contribution in [0, 0.1) is 5.92 Å². The molecule has 0 heterocycles. The molecule has 0 radical (unpaired) electrons. The maximum absolute atomic E-state index is 6.02. The van der Waals surface area contributed by atoms with Crippen LogP contribution in [0.5, 0.6) is 0 Å². The molecule has 0 bridgehead atoms. The lowest BCUT2D eigenvalue weighted by molar-refractivity contribution is 0.0373. The Kier molecular flexibility index (Phi) is 7.86. The average Bonchev–Trinajstić information content (AvgIpc) is 2.43. The van der Waals surface area contributed by atoms with E-state index in [2.05, 4.69) is 64.2 Å². The van der Waals surface area contributed by atoms with Gasteiger partial charge in [-0.1, -0.05) is 52.0 Å². The van der Waals surface area contributed by atoms with Gasteiger partial charge in [0.1, 0.15) is 0 Å². The standard InChI is InChI=1S/C18H31NO/c1-6-16-8-10-17(11-9-16)18(19-7-2)13-20-15(5)12-14(3)4/h8-11,14-15,18-19H,6-7,12-13H2,1-5H3. The van der Waals surface area contributed by atoms with E-state index >= 15 is 0 Å². The van der Waals surface area contributed by atoms with E-state index in [1.54, 1.807) is 0 Å². The van der Waals surface area contributed by atoms with Crippen LogP contribution in [0.3, 0.4) is 0 Å². The number of nitrogens with one attached hydrogen (secondary N) is 1. The third-order valence-corrected chi connectivity index (χ3v) is 3.59. The zero-order chi connectivity index (χ0) is 15.0. The summed E-state index contributed by atoms with van der Waals surface area (Å²) in [4.78, 5) is 0. The number of ether oxygens (including phenoxy) is 1. The van der Waals surface area contributed by atoms with Crippen molar-refractivity contribution < 1.29 is 4.74 Å². The second-order valence-electron chi connectivity index (χ2n) is 5.98. The van der Waals surface area contributed by atoms with E-state index in [0.717, 1.165) is 26.0 Å². The largest absolute Gasteiger partial charge is 0.377 e. The number of aryl methyl sites for hydroxylation is 1. The first kappa shape index (κ1) is 17.2. The van der Waals surface area contributed by atoms with E-state index in [4.69, 9.17) is 4.74 Å². The summed E-state index contributed by atoms with van der Waals surface area (Å²) in [5, 5.41) is 3.52. The van der Waals surface area contributed by atoms with Gasteiger partial charge in [-0.2, -0.15) is 0 Å². The molecule has 0 aliphatic heterocycles. The van der Waals surface area contributed by atoms with Crippen LogP contribution in [0.2, 0.25) is 0 Å². The average molecular weight is 277 g/mol. The van der Waals surface area contributed by atoms with Crippen LogP contribution in [0.4, 0.5) is 0 Å². The molecule has 1 N–H and O–H groups in total. The monoisotopic (exact) mass is 277 g/mol. The summed E-state index contributed by atoms with van der Waals surface area (Å²) in [6, 6.07) is 9.18. The molecule has 0 aromatic heterocycles. The van der Waals surface area contributed by atoms with Crippen molar-refractivity contribution in [3.05, 3.63) is 35.4 Å². The minimum Gasteiger partial charge on any atom is -0.377 e. The van der Waals surface area contributed by atoms with Crippen LogP contribution in [-0.2, 0) is 11.2 Å². The summed E-state index contributed by atoms with van der Waals surface area (Å²) >= 11 is 0. The molecule has 2 nitrogen and oxygen atoms in total. The Labute approximate surface area is 124 Å². The molecule has 2 unspecified atom stereocenters. The summed E-state index contributed by atoms with van der Waals surface area (Å²) in [5.74, 6) is 0.687. The fourth-order valence-electron chi connectivity index (χ4n) is 2.50. The molecule has 2 atom stereocenters. The Bertz CT molecular complexity index is 358. The number of likely N-dealkylation sites (N-methyl/N-ethyl adjacent to an activating group) is 1. The molecule has 1 aromatic carbocycles. The van der Waals surface area contributed by atoms with E-state index in [1.807, 2.05) is 0 Å². The van der Waals surface area contributed by atoms with Crippen LogP contribution in [-0.4, -0.2) is 19.3 Å². The molecule has 2 heteroatoms. The summed E-state index contributed by atoms with van der Waals surface area (Å²) < 4.78 is 6.02. The van der Waals surface area contributed by atoms with Crippen molar-refractivity contribution in [3.63, 3.8) is 0 Å². The minimum atomic E-state index is 0.292. The maximum Gasteiger partial charge on any atom is 0.0665 e. The zero-order valence-corrected chi connectivity index (χ0v) is 13.8. The molecule has 0 saturated heterocycles. The molecule has 114 valence electrons. The van der Waals surface area contributed by atoms with Gasteiger partial charge < -0.3 is 10.1 Å². The summed E-state index contributed by atoms with van der Waals surface area (Å²) in [6.45, 7) is 12.7. The smallest absolute Gasteiger partial charge is 0.0665 e. The Morgan fingerprint density at radius 1 is 1.05 bits per heavy atom. The van der Waals surface area contributed by atoms with Gasteiger partial charge in [-0.05, 0) is 43.4 Å². The van der Waals surface area contributed by atoms with Crippen LogP contribution < -0.4 is 5.32 Å². The Morgan fingerprint density at radius 3 is 2.20 bits per heavy atom. The van der Waals surface area contributed by atoms with Crippen molar-refractivity contribution in [1.82, 2.24) is 5.32 Å². The summed E-state index contributed by atoms with van der Waals surface area (Å²) in [6.07, 6.45) is 2.54. The second kappa shape index (κ2) is 9.15. The predicted molar refractivity (Wildman–Crippen MR) is 87.1 cm³/mol. The van der Waals surface area contributed by atoms with Crippen molar-refractivity contribution >= 4 is 0 Å². The summed E-state index contributed by atoms with van der Waals surface area (Å²) in [5.41, 5.74) is 2.71. The molecule has 0 spiro atoms. The summed E-state index contributed by atoms with van der Waals surface area (Å²) in [7, 11) is 0. The van der Waals surface area contributed by atoms with Crippen LogP contribution >= 0.6 is 0 Å².